The largest absolute Gasteiger partial charge is 0.326 e. The zero-order valence-electron chi connectivity index (χ0n) is 9.92. The Balaban J connectivity index is 2.83. The van der Waals surface area contributed by atoms with Crippen LogP contribution in [0, 0.1) is 12.8 Å². The molecule has 1 N–H and O–H groups in total. The molecule has 0 radical (unpaired) electrons. The first-order valence-corrected chi connectivity index (χ1v) is 5.36. The topological polar surface area (TPSA) is 29.1 Å². The van der Waals surface area contributed by atoms with Crippen molar-refractivity contribution >= 4 is 11.6 Å². The van der Waals surface area contributed by atoms with Crippen LogP contribution in [0.2, 0.25) is 0 Å². The molecule has 0 unspecified atom stereocenters. The van der Waals surface area contributed by atoms with E-state index >= 15 is 0 Å². The van der Waals surface area contributed by atoms with E-state index in [1.54, 1.807) is 0 Å². The highest BCUT2D eigenvalue weighted by atomic mass is 16.1. The van der Waals surface area contributed by atoms with Crippen molar-refractivity contribution in [2.75, 3.05) is 5.32 Å². The number of carbonyl (C=O) groups excluding carboxylic acids is 1. The average Bonchev–Trinajstić information content (AvgIpc) is 2.08. The summed E-state index contributed by atoms with van der Waals surface area (Å²) in [6, 6.07) is 6.21. The van der Waals surface area contributed by atoms with Gasteiger partial charge < -0.3 is 5.32 Å². The summed E-state index contributed by atoms with van der Waals surface area (Å²) >= 11 is 0. The first kappa shape index (κ1) is 11.8. The van der Waals surface area contributed by atoms with Crippen molar-refractivity contribution in [2.24, 2.45) is 5.92 Å². The first-order chi connectivity index (χ1) is 6.99. The van der Waals surface area contributed by atoms with Crippen molar-refractivity contribution in [2.45, 2.75) is 34.1 Å². The number of carbonyl (C=O) groups is 1. The summed E-state index contributed by atoms with van der Waals surface area (Å²) in [4.78, 5) is 10.9. The molecule has 1 aromatic rings. The highest BCUT2D eigenvalue weighted by Crippen LogP contribution is 2.18. The molecule has 0 spiro atoms. The molecule has 2 nitrogen and oxygen atoms in total. The van der Waals surface area contributed by atoms with Crippen molar-refractivity contribution in [3.05, 3.63) is 29.3 Å². The standard InChI is InChI=1S/C13H19NO/c1-9(2)7-12-5-6-13(10(3)8-12)14-11(4)15/h5-6,8-9H,7H2,1-4H3,(H,14,15). The molecule has 82 valence electrons. The molecule has 15 heavy (non-hydrogen) atoms. The molecular formula is C13H19NO. The van der Waals surface area contributed by atoms with Gasteiger partial charge in [0, 0.05) is 12.6 Å². The molecule has 1 aromatic carbocycles. The number of benzene rings is 1. The Kier molecular flexibility index (Phi) is 3.89. The quantitative estimate of drug-likeness (QED) is 0.807. The molecular weight excluding hydrogens is 186 g/mol. The van der Waals surface area contributed by atoms with Gasteiger partial charge in [-0.15, -0.1) is 0 Å². The lowest BCUT2D eigenvalue weighted by Crippen LogP contribution is -2.07. The Labute approximate surface area is 91.7 Å². The molecule has 0 saturated heterocycles. The minimum absolute atomic E-state index is 0.0188. The third-order valence-electron chi connectivity index (χ3n) is 2.25. The van der Waals surface area contributed by atoms with Crippen LogP contribution in [0.25, 0.3) is 0 Å². The molecule has 1 rings (SSSR count). The van der Waals surface area contributed by atoms with Crippen LogP contribution < -0.4 is 5.32 Å². The second kappa shape index (κ2) is 4.96. The van der Waals surface area contributed by atoms with E-state index in [0.717, 1.165) is 17.7 Å². The van der Waals surface area contributed by atoms with Crippen LogP contribution in [0.15, 0.2) is 18.2 Å². The van der Waals surface area contributed by atoms with E-state index in [4.69, 9.17) is 0 Å². The Morgan fingerprint density at radius 2 is 2.07 bits per heavy atom. The minimum Gasteiger partial charge on any atom is -0.326 e. The van der Waals surface area contributed by atoms with Gasteiger partial charge in [-0.2, -0.15) is 0 Å². The summed E-state index contributed by atoms with van der Waals surface area (Å²) < 4.78 is 0. The highest BCUT2D eigenvalue weighted by Gasteiger charge is 2.03. The van der Waals surface area contributed by atoms with Crippen LogP contribution in [0.4, 0.5) is 5.69 Å². The smallest absolute Gasteiger partial charge is 0.221 e. The third-order valence-corrected chi connectivity index (χ3v) is 2.25. The average molecular weight is 205 g/mol. The highest BCUT2D eigenvalue weighted by molar-refractivity contribution is 5.89. The van der Waals surface area contributed by atoms with E-state index in [0.29, 0.717) is 5.92 Å². The molecule has 0 aliphatic carbocycles. The maximum absolute atomic E-state index is 10.9. The predicted molar refractivity (Wildman–Crippen MR) is 64.0 cm³/mol. The minimum atomic E-state index is -0.0188. The Morgan fingerprint density at radius 3 is 2.53 bits per heavy atom. The fourth-order valence-electron chi connectivity index (χ4n) is 1.65. The van der Waals surface area contributed by atoms with Gasteiger partial charge in [0.1, 0.15) is 0 Å². The second-order valence-electron chi connectivity index (χ2n) is 4.43. The lowest BCUT2D eigenvalue weighted by molar-refractivity contribution is -0.114. The number of nitrogens with one attached hydrogen (secondary N) is 1. The summed E-state index contributed by atoms with van der Waals surface area (Å²) in [5, 5.41) is 2.81. The summed E-state index contributed by atoms with van der Waals surface area (Å²) in [7, 11) is 0. The number of amides is 1. The number of hydrogen-bond donors (Lipinski definition) is 1. The second-order valence-corrected chi connectivity index (χ2v) is 4.43. The summed E-state index contributed by atoms with van der Waals surface area (Å²) in [5.41, 5.74) is 3.37. The van der Waals surface area contributed by atoms with Gasteiger partial charge in [-0.1, -0.05) is 26.0 Å². The number of aryl methyl sites for hydroxylation is 1. The monoisotopic (exact) mass is 205 g/mol. The molecule has 0 bridgehead atoms. The molecule has 1 amide bonds. The van der Waals surface area contributed by atoms with Gasteiger partial charge in [-0.05, 0) is 36.5 Å². The van der Waals surface area contributed by atoms with Crippen molar-refractivity contribution in [3.8, 4) is 0 Å². The van der Waals surface area contributed by atoms with E-state index in [1.165, 1.54) is 12.5 Å². The predicted octanol–water partition coefficient (Wildman–Crippen LogP) is 3.15. The van der Waals surface area contributed by atoms with Crippen LogP contribution in [-0.2, 0) is 11.2 Å². The summed E-state index contributed by atoms with van der Waals surface area (Å²) in [5.74, 6) is 0.644. The zero-order valence-corrected chi connectivity index (χ0v) is 9.92. The Hall–Kier alpha value is -1.31. The number of hydrogen-bond acceptors (Lipinski definition) is 1. The third kappa shape index (κ3) is 3.74. The van der Waals surface area contributed by atoms with Crippen LogP contribution in [0.1, 0.15) is 31.9 Å². The summed E-state index contributed by atoms with van der Waals surface area (Å²) in [6.07, 6.45) is 1.08. The SMILES string of the molecule is CC(=O)Nc1ccc(CC(C)C)cc1C. The van der Waals surface area contributed by atoms with Gasteiger partial charge in [-0.25, -0.2) is 0 Å². The van der Waals surface area contributed by atoms with Crippen molar-refractivity contribution < 1.29 is 4.79 Å². The van der Waals surface area contributed by atoms with E-state index < -0.39 is 0 Å². The molecule has 0 fully saturated rings. The number of rotatable bonds is 3. The van der Waals surface area contributed by atoms with Crippen molar-refractivity contribution in [1.82, 2.24) is 0 Å². The molecule has 0 aliphatic rings. The normalized spacial score (nSPS) is 10.5. The van der Waals surface area contributed by atoms with Gasteiger partial charge in [0.05, 0.1) is 0 Å². The van der Waals surface area contributed by atoms with Crippen LogP contribution in [0.3, 0.4) is 0 Å². The summed E-state index contributed by atoms with van der Waals surface area (Å²) in [6.45, 7) is 7.96. The first-order valence-electron chi connectivity index (χ1n) is 5.36. The molecule has 0 aromatic heterocycles. The van der Waals surface area contributed by atoms with Gasteiger partial charge in [0.15, 0.2) is 0 Å². The van der Waals surface area contributed by atoms with Gasteiger partial charge >= 0.3 is 0 Å². The fourth-order valence-corrected chi connectivity index (χ4v) is 1.65. The van der Waals surface area contributed by atoms with Gasteiger partial charge in [0.2, 0.25) is 5.91 Å². The molecule has 0 heterocycles. The fraction of sp³-hybridized carbons (Fsp3) is 0.462. The maximum atomic E-state index is 10.9. The van der Waals surface area contributed by atoms with Gasteiger partial charge in [0.25, 0.3) is 0 Å². The zero-order chi connectivity index (χ0) is 11.4. The van der Waals surface area contributed by atoms with E-state index in [9.17, 15) is 4.79 Å². The Morgan fingerprint density at radius 1 is 1.40 bits per heavy atom. The number of anilines is 1. The van der Waals surface area contributed by atoms with E-state index in [1.807, 2.05) is 13.0 Å². The van der Waals surface area contributed by atoms with Crippen LogP contribution >= 0.6 is 0 Å². The molecule has 0 atom stereocenters. The lowest BCUT2D eigenvalue weighted by Gasteiger charge is -2.10. The Bertz CT molecular complexity index is 356. The van der Waals surface area contributed by atoms with E-state index in [-0.39, 0.29) is 5.91 Å². The lowest BCUT2D eigenvalue weighted by atomic mass is 10.0. The van der Waals surface area contributed by atoms with Crippen molar-refractivity contribution in [3.63, 3.8) is 0 Å². The van der Waals surface area contributed by atoms with Gasteiger partial charge in [-0.3, -0.25) is 4.79 Å². The maximum Gasteiger partial charge on any atom is 0.221 e. The molecule has 0 saturated carbocycles. The van der Waals surface area contributed by atoms with E-state index in [2.05, 4.69) is 31.3 Å². The van der Waals surface area contributed by atoms with Crippen LogP contribution in [0.5, 0.6) is 0 Å². The molecule has 0 aliphatic heterocycles. The van der Waals surface area contributed by atoms with Crippen LogP contribution in [-0.4, -0.2) is 5.91 Å². The molecule has 2 heteroatoms. The van der Waals surface area contributed by atoms with Crippen molar-refractivity contribution in [1.29, 1.82) is 0 Å².